The molecular weight excluding hydrogens is 314 g/mol. The molecule has 0 atom stereocenters. The van der Waals surface area contributed by atoms with E-state index in [1.807, 2.05) is 27.7 Å². The van der Waals surface area contributed by atoms with Gasteiger partial charge in [-0.05, 0) is 39.8 Å². The lowest BCUT2D eigenvalue weighted by atomic mass is 9.78. The predicted molar refractivity (Wildman–Crippen MR) is 76.4 cm³/mol. The quantitative estimate of drug-likeness (QED) is 0.780. The zero-order chi connectivity index (χ0) is 14.4. The van der Waals surface area contributed by atoms with Gasteiger partial charge in [0.2, 0.25) is 0 Å². The van der Waals surface area contributed by atoms with Gasteiger partial charge < -0.3 is 14.0 Å². The van der Waals surface area contributed by atoms with Crippen LogP contribution in [0, 0.1) is 5.82 Å². The fourth-order valence-electron chi connectivity index (χ4n) is 1.87. The van der Waals surface area contributed by atoms with Crippen LogP contribution in [0.1, 0.15) is 27.7 Å². The van der Waals surface area contributed by atoms with Crippen molar-refractivity contribution < 1.29 is 18.4 Å². The Labute approximate surface area is 121 Å². The summed E-state index contributed by atoms with van der Waals surface area (Å²) in [5, 5.41) is 0. The Morgan fingerprint density at radius 3 is 2.16 bits per heavy atom. The van der Waals surface area contributed by atoms with Gasteiger partial charge >= 0.3 is 7.12 Å². The monoisotopic (exact) mass is 330 g/mol. The molecule has 0 unspecified atom stereocenters. The van der Waals surface area contributed by atoms with E-state index in [1.54, 1.807) is 12.1 Å². The van der Waals surface area contributed by atoms with Gasteiger partial charge in [0.15, 0.2) is 11.6 Å². The van der Waals surface area contributed by atoms with Crippen LogP contribution in [-0.4, -0.2) is 25.4 Å². The molecule has 0 radical (unpaired) electrons. The van der Waals surface area contributed by atoms with Crippen LogP contribution in [0.4, 0.5) is 4.39 Å². The largest absolute Gasteiger partial charge is 0.498 e. The normalized spacial score (nSPS) is 20.7. The van der Waals surface area contributed by atoms with Crippen LogP contribution >= 0.6 is 15.9 Å². The lowest BCUT2D eigenvalue weighted by molar-refractivity contribution is 0.00578. The number of ether oxygens (including phenoxy) is 1. The van der Waals surface area contributed by atoms with Crippen LogP contribution in [-0.2, 0) is 9.31 Å². The van der Waals surface area contributed by atoms with Crippen LogP contribution in [0.25, 0.3) is 0 Å². The van der Waals surface area contributed by atoms with E-state index in [4.69, 9.17) is 14.0 Å². The molecule has 1 aromatic carbocycles. The molecular formula is C13H17BBrFO3. The van der Waals surface area contributed by atoms with Crippen molar-refractivity contribution in [2.75, 3.05) is 7.11 Å². The molecule has 0 N–H and O–H groups in total. The highest BCUT2D eigenvalue weighted by Crippen LogP contribution is 2.37. The van der Waals surface area contributed by atoms with Crippen molar-refractivity contribution in [2.45, 2.75) is 38.9 Å². The zero-order valence-corrected chi connectivity index (χ0v) is 13.3. The Morgan fingerprint density at radius 2 is 1.68 bits per heavy atom. The summed E-state index contributed by atoms with van der Waals surface area (Å²) >= 11 is 3.33. The van der Waals surface area contributed by atoms with Gasteiger partial charge in [-0.2, -0.15) is 0 Å². The summed E-state index contributed by atoms with van der Waals surface area (Å²) in [5.74, 6) is -0.289. The number of methoxy groups -OCH3 is 1. The molecule has 6 heteroatoms. The maximum Gasteiger partial charge on any atom is 0.498 e. The molecule has 1 aliphatic heterocycles. The van der Waals surface area contributed by atoms with Gasteiger partial charge in [0.25, 0.3) is 0 Å². The molecule has 1 aliphatic rings. The van der Waals surface area contributed by atoms with Gasteiger partial charge in [-0.3, -0.25) is 0 Å². The van der Waals surface area contributed by atoms with E-state index in [1.165, 1.54) is 7.11 Å². The van der Waals surface area contributed by atoms with Crippen molar-refractivity contribution >= 4 is 28.5 Å². The topological polar surface area (TPSA) is 27.7 Å². The Hall–Kier alpha value is -0.585. The standard InChI is InChI=1S/C13H17BBrFO3/c1-12(2)13(3,4)19-14(18-12)9-6-8(15)7-10(17-5)11(9)16/h6-7H,1-5H3. The Morgan fingerprint density at radius 1 is 1.16 bits per heavy atom. The maximum atomic E-state index is 14.3. The molecule has 2 rings (SSSR count). The second kappa shape index (κ2) is 4.75. The minimum absolute atomic E-state index is 0.166. The predicted octanol–water partition coefficient (Wildman–Crippen LogP) is 2.90. The molecule has 0 aromatic heterocycles. The average Bonchev–Trinajstić information content (AvgIpc) is 2.50. The van der Waals surface area contributed by atoms with Crippen LogP contribution in [0.3, 0.4) is 0 Å². The summed E-state index contributed by atoms with van der Waals surface area (Å²) in [7, 11) is 0.690. The van der Waals surface area contributed by atoms with Crippen LogP contribution in [0.15, 0.2) is 16.6 Å². The van der Waals surface area contributed by atoms with Gasteiger partial charge in [-0.15, -0.1) is 0 Å². The van der Waals surface area contributed by atoms with E-state index >= 15 is 0 Å². The molecule has 1 fully saturated rings. The molecule has 0 saturated carbocycles. The van der Waals surface area contributed by atoms with Crippen molar-refractivity contribution in [3.8, 4) is 5.75 Å². The third kappa shape index (κ3) is 2.53. The van der Waals surface area contributed by atoms with Crippen LogP contribution in [0.2, 0.25) is 0 Å². The molecule has 1 saturated heterocycles. The average molecular weight is 331 g/mol. The van der Waals surface area contributed by atoms with E-state index in [9.17, 15) is 4.39 Å². The van der Waals surface area contributed by atoms with Gasteiger partial charge in [0, 0.05) is 9.94 Å². The first-order valence-corrected chi connectivity index (χ1v) is 6.86. The molecule has 0 aliphatic carbocycles. The fourth-order valence-corrected chi connectivity index (χ4v) is 2.33. The number of halogens is 2. The van der Waals surface area contributed by atoms with Crippen molar-refractivity contribution in [3.63, 3.8) is 0 Å². The van der Waals surface area contributed by atoms with E-state index in [2.05, 4.69) is 15.9 Å². The molecule has 104 valence electrons. The number of hydrogen-bond acceptors (Lipinski definition) is 3. The minimum atomic E-state index is -0.739. The number of benzene rings is 1. The van der Waals surface area contributed by atoms with Crippen LogP contribution in [0.5, 0.6) is 5.75 Å². The van der Waals surface area contributed by atoms with E-state index in [0.29, 0.717) is 5.46 Å². The van der Waals surface area contributed by atoms with Gasteiger partial charge in [-0.1, -0.05) is 15.9 Å². The molecule has 0 bridgehead atoms. The van der Waals surface area contributed by atoms with Crippen molar-refractivity contribution in [1.29, 1.82) is 0 Å². The molecule has 1 aromatic rings. The van der Waals surface area contributed by atoms with E-state index in [0.717, 1.165) is 4.47 Å². The first-order chi connectivity index (χ1) is 8.68. The molecule has 0 spiro atoms. The third-order valence-corrected chi connectivity index (χ3v) is 4.22. The van der Waals surface area contributed by atoms with E-state index < -0.39 is 24.1 Å². The number of hydrogen-bond donors (Lipinski definition) is 0. The second-order valence-corrected chi connectivity index (χ2v) is 6.52. The minimum Gasteiger partial charge on any atom is -0.494 e. The highest BCUT2D eigenvalue weighted by Gasteiger charge is 2.52. The van der Waals surface area contributed by atoms with E-state index in [-0.39, 0.29) is 5.75 Å². The summed E-state index contributed by atoms with van der Waals surface area (Å²) in [6.07, 6.45) is 0. The number of rotatable bonds is 2. The SMILES string of the molecule is COc1cc(Br)cc(B2OC(C)(C)C(C)(C)O2)c1F. The fraction of sp³-hybridized carbons (Fsp3) is 0.538. The highest BCUT2D eigenvalue weighted by atomic mass is 79.9. The van der Waals surface area contributed by atoms with Crippen molar-refractivity contribution in [1.82, 2.24) is 0 Å². The lowest BCUT2D eigenvalue weighted by Crippen LogP contribution is -2.41. The summed E-state index contributed by atoms with van der Waals surface area (Å²) in [4.78, 5) is 0. The smallest absolute Gasteiger partial charge is 0.494 e. The van der Waals surface area contributed by atoms with Gasteiger partial charge in [0.1, 0.15) is 0 Å². The molecule has 19 heavy (non-hydrogen) atoms. The van der Waals surface area contributed by atoms with Gasteiger partial charge in [-0.25, -0.2) is 4.39 Å². The second-order valence-electron chi connectivity index (χ2n) is 5.60. The maximum absolute atomic E-state index is 14.3. The summed E-state index contributed by atoms with van der Waals surface area (Å²) in [6, 6.07) is 3.23. The summed E-state index contributed by atoms with van der Waals surface area (Å²) in [5.41, 5.74) is -0.663. The van der Waals surface area contributed by atoms with Gasteiger partial charge in [0.05, 0.1) is 18.3 Å². The Balaban J connectivity index is 2.42. The summed E-state index contributed by atoms with van der Waals surface area (Å²) < 4.78 is 31.7. The first kappa shape index (κ1) is 14.8. The lowest BCUT2D eigenvalue weighted by Gasteiger charge is -2.32. The first-order valence-electron chi connectivity index (χ1n) is 6.06. The van der Waals surface area contributed by atoms with Crippen molar-refractivity contribution in [2.24, 2.45) is 0 Å². The Kier molecular flexibility index (Phi) is 3.71. The Bertz CT molecular complexity index is 489. The summed E-state index contributed by atoms with van der Waals surface area (Å²) in [6.45, 7) is 7.72. The molecule has 0 amide bonds. The zero-order valence-electron chi connectivity index (χ0n) is 11.7. The highest BCUT2D eigenvalue weighted by molar-refractivity contribution is 9.10. The third-order valence-electron chi connectivity index (χ3n) is 3.76. The van der Waals surface area contributed by atoms with Crippen molar-refractivity contribution in [3.05, 3.63) is 22.4 Å². The molecule has 3 nitrogen and oxygen atoms in total. The van der Waals surface area contributed by atoms with Crippen LogP contribution < -0.4 is 10.2 Å². The molecule has 1 heterocycles.